The van der Waals surface area contributed by atoms with Gasteiger partial charge in [-0.1, -0.05) is 12.1 Å². The van der Waals surface area contributed by atoms with E-state index >= 15 is 0 Å². The summed E-state index contributed by atoms with van der Waals surface area (Å²) in [5.74, 6) is 1.27. The molecule has 0 saturated heterocycles. The summed E-state index contributed by atoms with van der Waals surface area (Å²) in [6.07, 6.45) is 5.12. The highest BCUT2D eigenvalue weighted by molar-refractivity contribution is 6.07. The summed E-state index contributed by atoms with van der Waals surface area (Å²) in [7, 11) is 0. The molecular weight excluding hydrogens is 304 g/mol. The molecule has 2 aromatic carbocycles. The molecule has 0 fully saturated rings. The molecule has 2 N–H and O–H groups in total. The van der Waals surface area contributed by atoms with E-state index in [2.05, 4.69) is 10.3 Å². The molecule has 1 amide bonds. The van der Waals surface area contributed by atoms with Crippen LogP contribution in [0.15, 0.2) is 54.7 Å². The summed E-state index contributed by atoms with van der Waals surface area (Å²) < 4.78 is 11.0. The number of amides is 1. The van der Waals surface area contributed by atoms with E-state index in [0.717, 1.165) is 27.9 Å². The minimum absolute atomic E-state index is 0.182. The van der Waals surface area contributed by atoms with Crippen LogP contribution >= 0.6 is 0 Å². The molecule has 0 atom stereocenters. The standard InChI is InChI=1S/C19H16N2O3/c22-19(21-16-3-1-2-15-14(16)8-9-20-15)7-5-13-4-6-17-18(12-13)24-11-10-23-17/h1-9,12,20H,10-11H2,(H,21,22). The summed E-state index contributed by atoms with van der Waals surface area (Å²) in [6, 6.07) is 13.3. The summed E-state index contributed by atoms with van der Waals surface area (Å²) in [6.45, 7) is 1.11. The van der Waals surface area contributed by atoms with Crippen LogP contribution in [0.25, 0.3) is 17.0 Å². The van der Waals surface area contributed by atoms with Crippen molar-refractivity contribution in [2.75, 3.05) is 18.5 Å². The lowest BCUT2D eigenvalue weighted by atomic mass is 10.1. The van der Waals surface area contributed by atoms with Gasteiger partial charge in [-0.15, -0.1) is 0 Å². The van der Waals surface area contributed by atoms with Gasteiger partial charge in [0.05, 0.1) is 5.69 Å². The quantitative estimate of drug-likeness (QED) is 0.725. The van der Waals surface area contributed by atoms with E-state index in [0.29, 0.717) is 19.0 Å². The van der Waals surface area contributed by atoms with Crippen molar-refractivity contribution in [2.45, 2.75) is 0 Å². The maximum absolute atomic E-state index is 12.2. The van der Waals surface area contributed by atoms with Crippen molar-refractivity contribution < 1.29 is 14.3 Å². The van der Waals surface area contributed by atoms with Crippen LogP contribution in [0.1, 0.15) is 5.56 Å². The van der Waals surface area contributed by atoms with E-state index in [1.807, 2.05) is 48.7 Å². The predicted molar refractivity (Wildman–Crippen MR) is 93.4 cm³/mol. The minimum atomic E-state index is -0.182. The van der Waals surface area contributed by atoms with Crippen molar-refractivity contribution in [1.29, 1.82) is 0 Å². The predicted octanol–water partition coefficient (Wildman–Crippen LogP) is 3.59. The van der Waals surface area contributed by atoms with Gasteiger partial charge in [0.1, 0.15) is 13.2 Å². The van der Waals surface area contributed by atoms with E-state index in [4.69, 9.17) is 9.47 Å². The smallest absolute Gasteiger partial charge is 0.248 e. The van der Waals surface area contributed by atoms with Crippen molar-refractivity contribution in [1.82, 2.24) is 4.98 Å². The number of nitrogens with one attached hydrogen (secondary N) is 2. The summed E-state index contributed by atoms with van der Waals surface area (Å²) in [4.78, 5) is 15.3. The Kier molecular flexibility index (Phi) is 3.67. The van der Waals surface area contributed by atoms with Gasteiger partial charge in [0.15, 0.2) is 11.5 Å². The molecule has 0 spiro atoms. The number of ether oxygens (including phenoxy) is 2. The van der Waals surface area contributed by atoms with E-state index in [1.54, 1.807) is 6.08 Å². The lowest BCUT2D eigenvalue weighted by Crippen LogP contribution is -2.15. The maximum atomic E-state index is 12.2. The van der Waals surface area contributed by atoms with Crippen LogP contribution in [0.2, 0.25) is 0 Å². The van der Waals surface area contributed by atoms with Crippen LogP contribution in [-0.2, 0) is 4.79 Å². The van der Waals surface area contributed by atoms with E-state index < -0.39 is 0 Å². The van der Waals surface area contributed by atoms with Crippen molar-refractivity contribution in [3.8, 4) is 11.5 Å². The fourth-order valence-electron chi connectivity index (χ4n) is 2.70. The van der Waals surface area contributed by atoms with Crippen LogP contribution in [-0.4, -0.2) is 24.1 Å². The van der Waals surface area contributed by atoms with Gasteiger partial charge < -0.3 is 19.8 Å². The van der Waals surface area contributed by atoms with Crippen molar-refractivity contribution in [3.05, 3.63) is 60.3 Å². The van der Waals surface area contributed by atoms with Crippen molar-refractivity contribution in [2.24, 2.45) is 0 Å². The molecule has 1 aliphatic rings. The monoisotopic (exact) mass is 320 g/mol. The molecule has 5 heteroatoms. The van der Waals surface area contributed by atoms with Gasteiger partial charge in [0.2, 0.25) is 5.91 Å². The number of anilines is 1. The Morgan fingerprint density at radius 1 is 1.08 bits per heavy atom. The van der Waals surface area contributed by atoms with Crippen LogP contribution in [0.5, 0.6) is 11.5 Å². The lowest BCUT2D eigenvalue weighted by molar-refractivity contribution is -0.111. The van der Waals surface area contributed by atoms with Gasteiger partial charge >= 0.3 is 0 Å². The first kappa shape index (κ1) is 14.4. The topological polar surface area (TPSA) is 63.4 Å². The molecule has 0 bridgehead atoms. The van der Waals surface area contributed by atoms with Crippen molar-refractivity contribution >= 4 is 28.6 Å². The normalized spacial score (nSPS) is 13.3. The number of benzene rings is 2. The summed E-state index contributed by atoms with van der Waals surface area (Å²) >= 11 is 0. The van der Waals surface area contributed by atoms with Gasteiger partial charge in [0.25, 0.3) is 0 Å². The van der Waals surface area contributed by atoms with E-state index in [-0.39, 0.29) is 5.91 Å². The van der Waals surface area contributed by atoms with Crippen molar-refractivity contribution in [3.63, 3.8) is 0 Å². The first-order valence-electron chi connectivity index (χ1n) is 7.74. The van der Waals surface area contributed by atoms with Crippen LogP contribution in [0.4, 0.5) is 5.69 Å². The Labute approximate surface area is 138 Å². The molecule has 120 valence electrons. The average molecular weight is 320 g/mol. The second kappa shape index (κ2) is 6.12. The molecule has 0 radical (unpaired) electrons. The average Bonchev–Trinajstić information content (AvgIpc) is 3.10. The van der Waals surface area contributed by atoms with Crippen LogP contribution in [0, 0.1) is 0 Å². The minimum Gasteiger partial charge on any atom is -0.486 e. The van der Waals surface area contributed by atoms with Gasteiger partial charge in [-0.05, 0) is 42.0 Å². The number of hydrogen-bond donors (Lipinski definition) is 2. The van der Waals surface area contributed by atoms with Gasteiger partial charge in [-0.2, -0.15) is 0 Å². The molecule has 2 heterocycles. The third-order valence-corrected chi connectivity index (χ3v) is 3.85. The lowest BCUT2D eigenvalue weighted by Gasteiger charge is -2.18. The first-order chi connectivity index (χ1) is 11.8. The fourth-order valence-corrected chi connectivity index (χ4v) is 2.70. The number of aromatic amines is 1. The molecule has 4 rings (SSSR count). The Morgan fingerprint density at radius 2 is 1.96 bits per heavy atom. The molecule has 1 aliphatic heterocycles. The Balaban J connectivity index is 1.49. The molecule has 0 aliphatic carbocycles. The molecule has 5 nitrogen and oxygen atoms in total. The highest BCUT2D eigenvalue weighted by Crippen LogP contribution is 2.31. The fraction of sp³-hybridized carbons (Fsp3) is 0.105. The van der Waals surface area contributed by atoms with Gasteiger partial charge in [0, 0.05) is 23.2 Å². The molecule has 0 saturated carbocycles. The van der Waals surface area contributed by atoms with E-state index in [9.17, 15) is 4.79 Å². The summed E-state index contributed by atoms with van der Waals surface area (Å²) in [5, 5.41) is 3.89. The molecule has 3 aromatic rings. The van der Waals surface area contributed by atoms with E-state index in [1.165, 1.54) is 6.08 Å². The maximum Gasteiger partial charge on any atom is 0.248 e. The molecule has 1 aromatic heterocycles. The first-order valence-corrected chi connectivity index (χ1v) is 7.74. The Bertz CT molecular complexity index is 927. The second-order valence-electron chi connectivity index (χ2n) is 5.47. The SMILES string of the molecule is O=C(C=Cc1ccc2c(c1)OCCO2)Nc1cccc2[nH]ccc12. The Morgan fingerprint density at radius 3 is 2.88 bits per heavy atom. The number of fused-ring (bicyclic) bond motifs is 2. The molecule has 0 unspecified atom stereocenters. The molecular formula is C19H16N2O3. The summed E-state index contributed by atoms with van der Waals surface area (Å²) in [5.41, 5.74) is 2.66. The third kappa shape index (κ3) is 2.84. The van der Waals surface area contributed by atoms with Crippen LogP contribution in [0.3, 0.4) is 0 Å². The number of aromatic nitrogens is 1. The number of carbonyl (C=O) groups is 1. The van der Waals surface area contributed by atoms with Gasteiger partial charge in [-0.3, -0.25) is 4.79 Å². The highest BCUT2D eigenvalue weighted by atomic mass is 16.6. The second-order valence-corrected chi connectivity index (χ2v) is 5.47. The molecule has 24 heavy (non-hydrogen) atoms. The Hall–Kier alpha value is -3.21. The largest absolute Gasteiger partial charge is 0.486 e. The zero-order valence-corrected chi connectivity index (χ0v) is 12.9. The zero-order valence-electron chi connectivity index (χ0n) is 12.9. The number of hydrogen-bond acceptors (Lipinski definition) is 3. The number of rotatable bonds is 3. The highest BCUT2D eigenvalue weighted by Gasteiger charge is 2.11. The van der Waals surface area contributed by atoms with Crippen LogP contribution < -0.4 is 14.8 Å². The number of carbonyl (C=O) groups excluding carboxylic acids is 1. The number of H-pyrrole nitrogens is 1. The third-order valence-electron chi connectivity index (χ3n) is 3.85. The zero-order chi connectivity index (χ0) is 16.4. The van der Waals surface area contributed by atoms with Gasteiger partial charge in [-0.25, -0.2) is 0 Å².